The lowest BCUT2D eigenvalue weighted by molar-refractivity contribution is 0.221. The van der Waals surface area contributed by atoms with E-state index in [9.17, 15) is 0 Å². The number of rotatable bonds is 2. The summed E-state index contributed by atoms with van der Waals surface area (Å²) in [5, 5.41) is 0. The van der Waals surface area contributed by atoms with E-state index in [2.05, 4.69) is 18.7 Å². The zero-order valence-corrected chi connectivity index (χ0v) is 8.23. The maximum Gasteiger partial charge on any atom is 0.0110 e. The van der Waals surface area contributed by atoms with E-state index in [-0.39, 0.29) is 12.4 Å². The summed E-state index contributed by atoms with van der Waals surface area (Å²) >= 11 is 0. The first kappa shape index (κ1) is 11.2. The highest BCUT2D eigenvalue weighted by Crippen LogP contribution is 2.22. The summed E-state index contributed by atoms with van der Waals surface area (Å²) in [5.41, 5.74) is 5.49. The van der Waals surface area contributed by atoms with E-state index in [1.54, 1.807) is 0 Å². The number of likely N-dealkylation sites (tertiary alicyclic amines) is 1. The number of halogens is 1. The van der Waals surface area contributed by atoms with Gasteiger partial charge in [0, 0.05) is 25.2 Å². The van der Waals surface area contributed by atoms with Gasteiger partial charge in [0.05, 0.1) is 0 Å². The van der Waals surface area contributed by atoms with Crippen molar-refractivity contribution in [2.45, 2.75) is 38.8 Å². The highest BCUT2D eigenvalue weighted by atomic mass is 35.5. The smallest absolute Gasteiger partial charge is 0.0110 e. The molecule has 0 saturated carbocycles. The van der Waals surface area contributed by atoms with E-state index in [4.69, 9.17) is 5.73 Å². The van der Waals surface area contributed by atoms with Crippen LogP contribution in [0.1, 0.15) is 26.7 Å². The Kier molecular flexibility index (Phi) is 5.06. The van der Waals surface area contributed by atoms with Gasteiger partial charge in [0.1, 0.15) is 0 Å². The first-order chi connectivity index (χ1) is 4.75. The van der Waals surface area contributed by atoms with Gasteiger partial charge >= 0.3 is 0 Å². The van der Waals surface area contributed by atoms with Crippen LogP contribution >= 0.6 is 12.4 Å². The van der Waals surface area contributed by atoms with Crippen molar-refractivity contribution in [3.63, 3.8) is 0 Å². The lowest BCUT2D eigenvalue weighted by Crippen LogP contribution is -2.36. The molecule has 1 saturated heterocycles. The Hall–Kier alpha value is 0.210. The molecule has 0 aromatic heterocycles. The Balaban J connectivity index is 0.000001000. The highest BCUT2D eigenvalue weighted by Gasteiger charge is 2.25. The zero-order valence-electron chi connectivity index (χ0n) is 7.42. The minimum absolute atomic E-state index is 0. The lowest BCUT2D eigenvalue weighted by Gasteiger charge is -2.24. The molecule has 1 aliphatic rings. The third-order valence-corrected chi connectivity index (χ3v) is 2.52. The molecular formula is C8H19ClN2. The van der Waals surface area contributed by atoms with E-state index < -0.39 is 0 Å². The monoisotopic (exact) mass is 178 g/mol. The molecule has 2 N–H and O–H groups in total. The van der Waals surface area contributed by atoms with Crippen molar-refractivity contribution in [1.29, 1.82) is 0 Å². The predicted molar refractivity (Wildman–Crippen MR) is 51.2 cm³/mol. The predicted octanol–water partition coefficient (Wildman–Crippen LogP) is 1.24. The quantitative estimate of drug-likeness (QED) is 0.690. The van der Waals surface area contributed by atoms with Crippen molar-refractivity contribution >= 4 is 12.4 Å². The largest absolute Gasteiger partial charge is 0.329 e. The molecule has 0 aromatic carbocycles. The van der Waals surface area contributed by atoms with Crippen LogP contribution in [0.3, 0.4) is 0 Å². The van der Waals surface area contributed by atoms with Gasteiger partial charge in [-0.2, -0.15) is 0 Å². The van der Waals surface area contributed by atoms with Crippen molar-refractivity contribution in [3.8, 4) is 0 Å². The van der Waals surface area contributed by atoms with Crippen LogP contribution in [-0.2, 0) is 0 Å². The van der Waals surface area contributed by atoms with Crippen LogP contribution in [0, 0.1) is 0 Å². The molecule has 0 bridgehead atoms. The molecule has 0 radical (unpaired) electrons. The van der Waals surface area contributed by atoms with E-state index in [1.165, 1.54) is 12.8 Å². The highest BCUT2D eigenvalue weighted by molar-refractivity contribution is 5.85. The van der Waals surface area contributed by atoms with Gasteiger partial charge in [-0.15, -0.1) is 12.4 Å². The second-order valence-electron chi connectivity index (χ2n) is 3.30. The van der Waals surface area contributed by atoms with Gasteiger partial charge in [0.2, 0.25) is 0 Å². The van der Waals surface area contributed by atoms with Crippen LogP contribution in [0.25, 0.3) is 0 Å². The normalized spacial score (nSPS) is 31.9. The summed E-state index contributed by atoms with van der Waals surface area (Å²) < 4.78 is 0. The van der Waals surface area contributed by atoms with Gasteiger partial charge in [0.25, 0.3) is 0 Å². The molecule has 0 aliphatic carbocycles. The van der Waals surface area contributed by atoms with Crippen LogP contribution < -0.4 is 5.73 Å². The zero-order chi connectivity index (χ0) is 7.56. The van der Waals surface area contributed by atoms with Gasteiger partial charge in [-0.05, 0) is 26.7 Å². The maximum atomic E-state index is 5.49. The van der Waals surface area contributed by atoms with Gasteiger partial charge in [0.15, 0.2) is 0 Å². The van der Waals surface area contributed by atoms with Crippen molar-refractivity contribution < 1.29 is 0 Å². The van der Waals surface area contributed by atoms with Gasteiger partial charge < -0.3 is 5.73 Å². The number of nitrogens with zero attached hydrogens (tertiary/aromatic N) is 1. The molecule has 2 atom stereocenters. The Morgan fingerprint density at radius 3 is 2.09 bits per heavy atom. The third kappa shape index (κ3) is 2.62. The Bertz CT molecular complexity index is 98.3. The first-order valence-electron chi connectivity index (χ1n) is 4.21. The first-order valence-corrected chi connectivity index (χ1v) is 4.21. The summed E-state index contributed by atoms with van der Waals surface area (Å²) in [4.78, 5) is 2.50. The van der Waals surface area contributed by atoms with Gasteiger partial charge in [-0.3, -0.25) is 4.90 Å². The molecular weight excluding hydrogens is 160 g/mol. The van der Waals surface area contributed by atoms with Crippen LogP contribution in [0.4, 0.5) is 0 Å². The molecule has 3 heteroatoms. The molecule has 1 heterocycles. The average molecular weight is 179 g/mol. The second-order valence-corrected chi connectivity index (χ2v) is 3.30. The molecule has 1 rings (SSSR count). The summed E-state index contributed by atoms with van der Waals surface area (Å²) in [6.45, 7) is 6.45. The molecule has 68 valence electrons. The van der Waals surface area contributed by atoms with E-state index in [0.717, 1.165) is 25.2 Å². The topological polar surface area (TPSA) is 29.3 Å². The van der Waals surface area contributed by atoms with Crippen molar-refractivity contribution in [3.05, 3.63) is 0 Å². The van der Waals surface area contributed by atoms with Crippen LogP contribution in [0.15, 0.2) is 0 Å². The van der Waals surface area contributed by atoms with Crippen molar-refractivity contribution in [1.82, 2.24) is 4.90 Å². The van der Waals surface area contributed by atoms with E-state index in [0.29, 0.717) is 0 Å². The summed E-state index contributed by atoms with van der Waals surface area (Å²) in [5.74, 6) is 0. The number of hydrogen-bond donors (Lipinski definition) is 1. The molecule has 1 fully saturated rings. The standard InChI is InChI=1S/C8H18N2.ClH/c1-7-3-4-8(2)10(7)6-5-9;/h7-8H,3-6,9H2,1-2H3;1H. The van der Waals surface area contributed by atoms with E-state index in [1.807, 2.05) is 0 Å². The van der Waals surface area contributed by atoms with Crippen LogP contribution in [0.2, 0.25) is 0 Å². The molecule has 2 unspecified atom stereocenters. The number of hydrogen-bond acceptors (Lipinski definition) is 2. The van der Waals surface area contributed by atoms with Gasteiger partial charge in [-0.1, -0.05) is 0 Å². The summed E-state index contributed by atoms with van der Waals surface area (Å²) in [6, 6.07) is 1.53. The lowest BCUT2D eigenvalue weighted by atomic mass is 10.2. The Morgan fingerprint density at radius 2 is 1.73 bits per heavy atom. The molecule has 0 spiro atoms. The maximum absolute atomic E-state index is 5.49. The van der Waals surface area contributed by atoms with Crippen LogP contribution in [0.5, 0.6) is 0 Å². The molecule has 2 nitrogen and oxygen atoms in total. The Morgan fingerprint density at radius 1 is 1.27 bits per heavy atom. The Labute approximate surface area is 75.5 Å². The SMILES string of the molecule is CC1CCC(C)N1CCN.Cl. The van der Waals surface area contributed by atoms with Crippen LogP contribution in [-0.4, -0.2) is 30.1 Å². The fourth-order valence-corrected chi connectivity index (χ4v) is 1.84. The average Bonchev–Trinajstić information content (AvgIpc) is 2.20. The summed E-state index contributed by atoms with van der Waals surface area (Å²) in [6.07, 6.45) is 2.70. The van der Waals surface area contributed by atoms with Gasteiger partial charge in [-0.25, -0.2) is 0 Å². The molecule has 1 aliphatic heterocycles. The molecule has 0 aromatic rings. The molecule has 0 amide bonds. The van der Waals surface area contributed by atoms with Crippen molar-refractivity contribution in [2.24, 2.45) is 5.73 Å². The van der Waals surface area contributed by atoms with Crippen molar-refractivity contribution in [2.75, 3.05) is 13.1 Å². The fraction of sp³-hybridized carbons (Fsp3) is 1.00. The summed E-state index contributed by atoms with van der Waals surface area (Å²) in [7, 11) is 0. The van der Waals surface area contributed by atoms with E-state index >= 15 is 0 Å². The third-order valence-electron chi connectivity index (χ3n) is 2.52. The fourth-order valence-electron chi connectivity index (χ4n) is 1.84. The minimum Gasteiger partial charge on any atom is -0.329 e. The molecule has 11 heavy (non-hydrogen) atoms. The minimum atomic E-state index is 0. The number of nitrogens with two attached hydrogens (primary N) is 1. The second kappa shape index (κ2) is 4.96.